The van der Waals surface area contributed by atoms with Crippen LogP contribution in [-0.4, -0.2) is 43.1 Å². The molecule has 1 atom stereocenters. The smallest absolute Gasteiger partial charge is 0.191 e. The van der Waals surface area contributed by atoms with Crippen molar-refractivity contribution < 1.29 is 4.42 Å². The third-order valence-electron chi connectivity index (χ3n) is 4.92. The molecule has 136 valence electrons. The summed E-state index contributed by atoms with van der Waals surface area (Å²) in [5.41, 5.74) is 0. The van der Waals surface area contributed by atoms with Crippen LogP contribution in [0.25, 0.3) is 0 Å². The maximum absolute atomic E-state index is 5.68. The van der Waals surface area contributed by atoms with E-state index in [0.29, 0.717) is 6.04 Å². The van der Waals surface area contributed by atoms with Gasteiger partial charge in [-0.3, -0.25) is 9.89 Å². The van der Waals surface area contributed by atoms with Crippen LogP contribution >= 0.6 is 24.0 Å². The summed E-state index contributed by atoms with van der Waals surface area (Å²) in [5, 5.41) is 6.99. The van der Waals surface area contributed by atoms with Gasteiger partial charge in [-0.15, -0.1) is 24.0 Å². The van der Waals surface area contributed by atoms with Crippen molar-refractivity contribution in [2.75, 3.05) is 26.2 Å². The zero-order chi connectivity index (χ0) is 15.9. The van der Waals surface area contributed by atoms with Gasteiger partial charge in [-0.05, 0) is 57.8 Å². The molecule has 1 aliphatic carbocycles. The molecule has 2 N–H and O–H groups in total. The van der Waals surface area contributed by atoms with Gasteiger partial charge in [0.15, 0.2) is 5.96 Å². The van der Waals surface area contributed by atoms with Gasteiger partial charge in [0, 0.05) is 12.6 Å². The van der Waals surface area contributed by atoms with Gasteiger partial charge in [-0.1, -0.05) is 12.8 Å². The minimum absolute atomic E-state index is 0. The van der Waals surface area contributed by atoms with Gasteiger partial charge >= 0.3 is 0 Å². The molecule has 5 nitrogen and oxygen atoms in total. The van der Waals surface area contributed by atoms with E-state index in [0.717, 1.165) is 37.9 Å². The van der Waals surface area contributed by atoms with Crippen molar-refractivity contribution in [3.8, 4) is 0 Å². The van der Waals surface area contributed by atoms with E-state index in [4.69, 9.17) is 9.41 Å². The molecule has 0 spiro atoms. The molecular weight excluding hydrogens is 415 g/mol. The normalized spacial score (nSPS) is 20.8. The first kappa shape index (κ1) is 19.6. The molecule has 0 aromatic carbocycles. The van der Waals surface area contributed by atoms with Crippen LogP contribution in [0.4, 0.5) is 0 Å². The van der Waals surface area contributed by atoms with Crippen molar-refractivity contribution in [3.05, 3.63) is 24.2 Å². The molecule has 1 saturated carbocycles. The Hall–Kier alpha value is -0.760. The fourth-order valence-electron chi connectivity index (χ4n) is 3.68. The van der Waals surface area contributed by atoms with Gasteiger partial charge in [0.25, 0.3) is 0 Å². The summed E-state index contributed by atoms with van der Waals surface area (Å²) in [6.07, 6.45) is 9.52. The van der Waals surface area contributed by atoms with Crippen molar-refractivity contribution >= 4 is 29.9 Å². The summed E-state index contributed by atoms with van der Waals surface area (Å²) < 4.78 is 5.68. The lowest BCUT2D eigenvalue weighted by Crippen LogP contribution is -2.43. The van der Waals surface area contributed by atoms with Gasteiger partial charge in [0.05, 0.1) is 18.8 Å². The maximum atomic E-state index is 5.68. The van der Waals surface area contributed by atoms with E-state index in [1.54, 1.807) is 6.26 Å². The monoisotopic (exact) mass is 446 g/mol. The average Bonchev–Trinajstić information content (AvgIpc) is 3.32. The van der Waals surface area contributed by atoms with E-state index in [1.807, 2.05) is 6.07 Å². The van der Waals surface area contributed by atoms with Gasteiger partial charge in [-0.25, -0.2) is 0 Å². The van der Waals surface area contributed by atoms with E-state index in [-0.39, 0.29) is 30.0 Å². The average molecular weight is 446 g/mol. The Morgan fingerprint density at radius 3 is 2.67 bits per heavy atom. The van der Waals surface area contributed by atoms with Crippen LogP contribution in [0.3, 0.4) is 0 Å². The first-order valence-electron chi connectivity index (χ1n) is 9.19. The Balaban J connectivity index is 0.00000208. The molecule has 1 aliphatic heterocycles. The highest BCUT2D eigenvalue weighted by Gasteiger charge is 2.25. The minimum atomic E-state index is 0. The van der Waals surface area contributed by atoms with Crippen LogP contribution in [0.1, 0.15) is 57.3 Å². The van der Waals surface area contributed by atoms with Crippen LogP contribution in [0, 0.1) is 0 Å². The molecule has 0 radical (unpaired) electrons. The number of guanidine groups is 1. The van der Waals surface area contributed by atoms with Crippen LogP contribution in [-0.2, 0) is 0 Å². The minimum Gasteiger partial charge on any atom is -0.468 e. The van der Waals surface area contributed by atoms with Crippen LogP contribution in [0.5, 0.6) is 0 Å². The predicted molar refractivity (Wildman–Crippen MR) is 109 cm³/mol. The van der Waals surface area contributed by atoms with Crippen LogP contribution < -0.4 is 10.6 Å². The Morgan fingerprint density at radius 1 is 1.29 bits per heavy atom. The molecule has 2 heterocycles. The summed E-state index contributed by atoms with van der Waals surface area (Å²) in [6, 6.07) is 4.90. The van der Waals surface area contributed by atoms with E-state index < -0.39 is 0 Å². The zero-order valence-corrected chi connectivity index (χ0v) is 17.0. The second-order valence-electron chi connectivity index (χ2n) is 6.62. The lowest BCUT2D eigenvalue weighted by molar-refractivity contribution is 0.221. The number of nitrogens with zero attached hydrogens (tertiary/aromatic N) is 2. The fourth-order valence-corrected chi connectivity index (χ4v) is 3.68. The second kappa shape index (κ2) is 10.3. The Bertz CT molecular complexity index is 479. The van der Waals surface area contributed by atoms with Gasteiger partial charge in [0.2, 0.25) is 0 Å². The molecule has 0 amide bonds. The lowest BCUT2D eigenvalue weighted by atomic mass is 10.2. The second-order valence-corrected chi connectivity index (χ2v) is 6.62. The van der Waals surface area contributed by atoms with Crippen molar-refractivity contribution in [3.63, 3.8) is 0 Å². The van der Waals surface area contributed by atoms with E-state index in [2.05, 4.69) is 28.5 Å². The summed E-state index contributed by atoms with van der Waals surface area (Å²) in [6.45, 7) is 6.06. The number of hydrogen-bond acceptors (Lipinski definition) is 3. The number of aliphatic imine (C=N–C) groups is 1. The highest BCUT2D eigenvalue weighted by Crippen LogP contribution is 2.26. The SMILES string of the molecule is CCNC(=NCC(c1ccco1)N1CCCC1)NC1CCCC1.I. The van der Waals surface area contributed by atoms with Gasteiger partial charge < -0.3 is 15.1 Å². The summed E-state index contributed by atoms with van der Waals surface area (Å²) in [7, 11) is 0. The largest absolute Gasteiger partial charge is 0.468 e. The quantitative estimate of drug-likeness (QED) is 0.399. The molecule has 1 aromatic rings. The Labute approximate surface area is 162 Å². The fraction of sp³-hybridized carbons (Fsp3) is 0.722. The third-order valence-corrected chi connectivity index (χ3v) is 4.92. The lowest BCUT2D eigenvalue weighted by Gasteiger charge is -2.25. The van der Waals surface area contributed by atoms with Crippen molar-refractivity contribution in [1.29, 1.82) is 0 Å². The first-order chi connectivity index (χ1) is 11.4. The first-order valence-corrected chi connectivity index (χ1v) is 9.19. The molecule has 1 aromatic heterocycles. The van der Waals surface area contributed by atoms with Crippen molar-refractivity contribution in [2.45, 2.75) is 57.5 Å². The molecule has 6 heteroatoms. The summed E-state index contributed by atoms with van der Waals surface area (Å²) >= 11 is 0. The van der Waals surface area contributed by atoms with Crippen LogP contribution in [0.15, 0.2) is 27.8 Å². The van der Waals surface area contributed by atoms with Crippen LogP contribution in [0.2, 0.25) is 0 Å². The summed E-state index contributed by atoms with van der Waals surface area (Å²) in [5.74, 6) is 1.99. The van der Waals surface area contributed by atoms with E-state index in [9.17, 15) is 0 Å². The predicted octanol–water partition coefficient (Wildman–Crippen LogP) is 3.53. The van der Waals surface area contributed by atoms with Crippen molar-refractivity contribution in [2.24, 2.45) is 4.99 Å². The molecule has 2 aliphatic rings. The zero-order valence-electron chi connectivity index (χ0n) is 14.7. The number of rotatable bonds is 6. The van der Waals surface area contributed by atoms with Gasteiger partial charge in [0.1, 0.15) is 5.76 Å². The molecule has 1 unspecified atom stereocenters. The molecule has 2 fully saturated rings. The third kappa shape index (κ3) is 5.37. The molecule has 1 saturated heterocycles. The maximum Gasteiger partial charge on any atom is 0.191 e. The number of nitrogens with one attached hydrogen (secondary N) is 2. The Morgan fingerprint density at radius 2 is 2.04 bits per heavy atom. The molecule has 3 rings (SSSR count). The standard InChI is InChI=1S/C18H30N4O.HI/c1-2-19-18(21-15-8-3-4-9-15)20-14-16(17-10-7-13-23-17)22-11-5-6-12-22;/h7,10,13,15-16H,2-6,8-9,11-12,14H2,1H3,(H2,19,20,21);1H. The number of furan rings is 1. The van der Waals surface area contributed by atoms with Gasteiger partial charge in [-0.2, -0.15) is 0 Å². The molecular formula is C18H31IN4O. The number of hydrogen-bond donors (Lipinski definition) is 2. The number of halogens is 1. The molecule has 24 heavy (non-hydrogen) atoms. The number of likely N-dealkylation sites (tertiary alicyclic amines) is 1. The van der Waals surface area contributed by atoms with E-state index >= 15 is 0 Å². The summed E-state index contributed by atoms with van der Waals surface area (Å²) in [4.78, 5) is 7.37. The topological polar surface area (TPSA) is 52.8 Å². The Kier molecular flexibility index (Phi) is 8.38. The van der Waals surface area contributed by atoms with E-state index in [1.165, 1.54) is 38.5 Å². The highest BCUT2D eigenvalue weighted by atomic mass is 127. The van der Waals surface area contributed by atoms with Crippen molar-refractivity contribution in [1.82, 2.24) is 15.5 Å². The highest BCUT2D eigenvalue weighted by molar-refractivity contribution is 14.0. The molecule has 0 bridgehead atoms.